The fourth-order valence-corrected chi connectivity index (χ4v) is 5.52. The zero-order valence-electron chi connectivity index (χ0n) is 12.0. The normalized spacial score (nSPS) is 54.9. The van der Waals surface area contributed by atoms with E-state index < -0.39 is 0 Å². The summed E-state index contributed by atoms with van der Waals surface area (Å²) in [6, 6.07) is 0. The Balaban J connectivity index is 1.74. The number of hydrogen-bond acceptors (Lipinski definition) is 0. The van der Waals surface area contributed by atoms with Crippen molar-refractivity contribution in [1.82, 2.24) is 0 Å². The van der Waals surface area contributed by atoms with Crippen molar-refractivity contribution in [2.45, 2.75) is 65.7 Å². The van der Waals surface area contributed by atoms with Gasteiger partial charge >= 0.3 is 0 Å². The molecule has 0 saturated heterocycles. The van der Waals surface area contributed by atoms with Crippen molar-refractivity contribution < 1.29 is 0 Å². The molecule has 0 amide bonds. The highest BCUT2D eigenvalue weighted by molar-refractivity contribution is 4.94. The van der Waals surface area contributed by atoms with Crippen LogP contribution in [0.4, 0.5) is 0 Å². The molecule has 0 N–H and O–H groups in total. The van der Waals surface area contributed by atoms with Crippen LogP contribution in [0.3, 0.4) is 0 Å². The van der Waals surface area contributed by atoms with Gasteiger partial charge in [0.2, 0.25) is 0 Å². The zero-order valence-corrected chi connectivity index (χ0v) is 12.0. The molecule has 0 radical (unpaired) electrons. The van der Waals surface area contributed by atoms with Crippen LogP contribution in [0.5, 0.6) is 0 Å². The first-order valence-corrected chi connectivity index (χ1v) is 8.16. The van der Waals surface area contributed by atoms with Gasteiger partial charge in [-0.15, -0.1) is 0 Å². The third kappa shape index (κ3) is 2.06. The van der Waals surface area contributed by atoms with Crippen molar-refractivity contribution in [2.75, 3.05) is 0 Å². The van der Waals surface area contributed by atoms with Crippen LogP contribution in [0, 0.1) is 41.4 Å². The minimum Gasteiger partial charge on any atom is -0.0622 e. The first kappa shape index (κ1) is 12.1. The average Bonchev–Trinajstić information content (AvgIpc) is 2.33. The van der Waals surface area contributed by atoms with Crippen LogP contribution in [-0.4, -0.2) is 0 Å². The van der Waals surface area contributed by atoms with Crippen molar-refractivity contribution >= 4 is 0 Å². The summed E-state index contributed by atoms with van der Waals surface area (Å²) in [4.78, 5) is 0. The van der Waals surface area contributed by atoms with Gasteiger partial charge in [-0.2, -0.15) is 0 Å². The van der Waals surface area contributed by atoms with Crippen LogP contribution in [0.1, 0.15) is 65.7 Å². The molecule has 0 heteroatoms. The van der Waals surface area contributed by atoms with Crippen molar-refractivity contribution in [3.05, 3.63) is 0 Å². The minimum absolute atomic E-state index is 0.994. The Labute approximate surface area is 108 Å². The molecule has 3 saturated carbocycles. The first-order chi connectivity index (χ1) is 8.16. The Bertz CT molecular complexity index is 269. The summed E-state index contributed by atoms with van der Waals surface area (Å²) in [6.07, 6.45) is 10.8. The Morgan fingerprint density at radius 3 is 2.18 bits per heavy atom. The van der Waals surface area contributed by atoms with E-state index in [0.717, 1.165) is 41.4 Å². The second-order valence-corrected chi connectivity index (χ2v) is 7.64. The van der Waals surface area contributed by atoms with Crippen LogP contribution < -0.4 is 0 Å². The molecule has 0 aliphatic heterocycles. The molecule has 0 heterocycles. The van der Waals surface area contributed by atoms with E-state index in [-0.39, 0.29) is 0 Å². The summed E-state index contributed by atoms with van der Waals surface area (Å²) in [5.41, 5.74) is 0. The second kappa shape index (κ2) is 4.59. The molecular weight excluding hydrogens is 204 g/mol. The maximum Gasteiger partial charge on any atom is -0.0355 e. The monoisotopic (exact) mass is 234 g/mol. The lowest BCUT2D eigenvalue weighted by molar-refractivity contribution is -0.0170. The van der Waals surface area contributed by atoms with E-state index in [1.165, 1.54) is 19.3 Å². The largest absolute Gasteiger partial charge is 0.0622 e. The highest BCUT2D eigenvalue weighted by Crippen LogP contribution is 2.54. The van der Waals surface area contributed by atoms with Crippen LogP contribution in [0.2, 0.25) is 0 Å². The van der Waals surface area contributed by atoms with Crippen LogP contribution >= 0.6 is 0 Å². The van der Waals surface area contributed by atoms with Crippen molar-refractivity contribution in [3.63, 3.8) is 0 Å². The lowest BCUT2D eigenvalue weighted by Crippen LogP contribution is -2.43. The Morgan fingerprint density at radius 1 is 0.647 bits per heavy atom. The van der Waals surface area contributed by atoms with Crippen molar-refractivity contribution in [1.29, 1.82) is 0 Å². The molecule has 7 unspecified atom stereocenters. The predicted octanol–water partition coefficient (Wildman–Crippen LogP) is 5.13. The van der Waals surface area contributed by atoms with Gasteiger partial charge < -0.3 is 0 Å². The Morgan fingerprint density at radius 2 is 1.35 bits per heavy atom. The van der Waals surface area contributed by atoms with Crippen LogP contribution in [0.25, 0.3) is 0 Å². The molecule has 98 valence electrons. The van der Waals surface area contributed by atoms with E-state index in [9.17, 15) is 0 Å². The number of fused-ring (bicyclic) bond motifs is 2. The first-order valence-electron chi connectivity index (χ1n) is 8.16. The lowest BCUT2D eigenvalue weighted by atomic mass is 9.54. The quantitative estimate of drug-likeness (QED) is 0.545. The zero-order chi connectivity index (χ0) is 12.0. The van der Waals surface area contributed by atoms with Gasteiger partial charge in [-0.25, -0.2) is 0 Å². The molecular formula is C17H30. The lowest BCUT2D eigenvalue weighted by Gasteiger charge is -2.51. The molecule has 0 aromatic heterocycles. The van der Waals surface area contributed by atoms with Gasteiger partial charge in [-0.05, 0) is 60.7 Å². The Kier molecular flexibility index (Phi) is 3.26. The van der Waals surface area contributed by atoms with E-state index in [1.807, 2.05) is 0 Å². The second-order valence-electron chi connectivity index (χ2n) is 7.64. The molecule has 0 bridgehead atoms. The van der Waals surface area contributed by atoms with E-state index >= 15 is 0 Å². The predicted molar refractivity (Wildman–Crippen MR) is 73.8 cm³/mol. The third-order valence-electron chi connectivity index (χ3n) is 6.89. The van der Waals surface area contributed by atoms with Gasteiger partial charge in [0, 0.05) is 0 Å². The molecule has 0 nitrogen and oxygen atoms in total. The van der Waals surface area contributed by atoms with Crippen LogP contribution in [0.15, 0.2) is 0 Å². The Hall–Kier alpha value is 0. The fourth-order valence-electron chi connectivity index (χ4n) is 5.52. The topological polar surface area (TPSA) is 0 Å². The molecule has 3 aliphatic carbocycles. The number of hydrogen-bond donors (Lipinski definition) is 0. The minimum atomic E-state index is 0.994. The van der Waals surface area contributed by atoms with E-state index in [4.69, 9.17) is 0 Å². The average molecular weight is 234 g/mol. The molecule has 0 spiro atoms. The third-order valence-corrected chi connectivity index (χ3v) is 6.89. The maximum absolute atomic E-state index is 2.55. The molecule has 0 aromatic carbocycles. The summed E-state index contributed by atoms with van der Waals surface area (Å²) in [5, 5.41) is 0. The summed E-state index contributed by atoms with van der Waals surface area (Å²) >= 11 is 0. The summed E-state index contributed by atoms with van der Waals surface area (Å²) in [6.45, 7) is 7.58. The van der Waals surface area contributed by atoms with Crippen LogP contribution in [-0.2, 0) is 0 Å². The van der Waals surface area contributed by atoms with Gasteiger partial charge in [-0.1, -0.05) is 46.5 Å². The molecule has 0 aromatic rings. The van der Waals surface area contributed by atoms with Gasteiger partial charge in [0.25, 0.3) is 0 Å². The number of rotatable bonds is 0. The summed E-state index contributed by atoms with van der Waals surface area (Å²) in [7, 11) is 0. The molecule has 3 rings (SSSR count). The van der Waals surface area contributed by atoms with Crippen molar-refractivity contribution in [3.8, 4) is 0 Å². The van der Waals surface area contributed by atoms with E-state index in [1.54, 1.807) is 25.7 Å². The molecule has 3 fully saturated rings. The summed E-state index contributed by atoms with van der Waals surface area (Å²) < 4.78 is 0. The van der Waals surface area contributed by atoms with E-state index in [0.29, 0.717) is 0 Å². The smallest absolute Gasteiger partial charge is 0.0355 e. The van der Waals surface area contributed by atoms with Gasteiger partial charge in [0.1, 0.15) is 0 Å². The molecule has 3 aliphatic rings. The van der Waals surface area contributed by atoms with Crippen molar-refractivity contribution in [2.24, 2.45) is 41.4 Å². The van der Waals surface area contributed by atoms with Gasteiger partial charge in [0.05, 0.1) is 0 Å². The SMILES string of the molecule is CC1CCC2CC3C(C)CCCC3CC2C1C. The maximum atomic E-state index is 2.55. The summed E-state index contributed by atoms with van der Waals surface area (Å²) in [5.74, 6) is 7.43. The highest BCUT2D eigenvalue weighted by Gasteiger charge is 2.44. The van der Waals surface area contributed by atoms with E-state index in [2.05, 4.69) is 20.8 Å². The fraction of sp³-hybridized carbons (Fsp3) is 1.00. The highest BCUT2D eigenvalue weighted by atomic mass is 14.5. The van der Waals surface area contributed by atoms with Gasteiger partial charge in [-0.3, -0.25) is 0 Å². The molecule has 17 heavy (non-hydrogen) atoms. The molecule has 7 atom stereocenters. The van der Waals surface area contributed by atoms with Gasteiger partial charge in [0.15, 0.2) is 0 Å². The standard InChI is InChI=1S/C17H30/c1-11-7-8-15-9-16-12(2)5-4-6-14(16)10-17(15)13(11)3/h11-17H,4-10H2,1-3H3.